The molecule has 0 aromatic heterocycles. The highest BCUT2D eigenvalue weighted by Gasteiger charge is 2.49. The number of ether oxygens (including phenoxy) is 7. The van der Waals surface area contributed by atoms with Crippen molar-refractivity contribution in [2.45, 2.75) is 179 Å². The van der Waals surface area contributed by atoms with Gasteiger partial charge in [0.15, 0.2) is 12.1 Å². The van der Waals surface area contributed by atoms with Crippen molar-refractivity contribution in [1.82, 2.24) is 5.32 Å². The minimum absolute atomic E-state index is 0.116. The molecule has 9 heteroatoms. The second-order valence-electron chi connectivity index (χ2n) is 15.9. The highest BCUT2D eigenvalue weighted by Crippen LogP contribution is 2.30. The number of carbonyl (C=O) groups excluding carboxylic acids is 1. The van der Waals surface area contributed by atoms with Crippen LogP contribution in [0.3, 0.4) is 0 Å². The van der Waals surface area contributed by atoms with Crippen LogP contribution in [0.1, 0.15) is 135 Å². The molecule has 2 aliphatic heterocycles. The van der Waals surface area contributed by atoms with E-state index in [4.69, 9.17) is 33.2 Å². The SMILES string of the molecule is C=CCCC(=O)N[C@H]1[C@@H](OCCCCCCCCCCCCCCCC)O[C@H](COC[C@H]2COC(C)(C)O2)[C@@H](OCc2ccccc2)[C@@H]1OCc1ccccc1. The number of hydrogen-bond donors (Lipinski definition) is 1. The van der Waals surface area contributed by atoms with E-state index in [9.17, 15) is 4.79 Å². The fraction of sp³-hybridized carbons (Fsp3) is 0.681. The van der Waals surface area contributed by atoms with Crippen molar-refractivity contribution >= 4 is 5.91 Å². The summed E-state index contributed by atoms with van der Waals surface area (Å²) >= 11 is 0. The predicted octanol–water partition coefficient (Wildman–Crippen LogP) is 10.00. The van der Waals surface area contributed by atoms with E-state index in [-0.39, 0.29) is 18.6 Å². The van der Waals surface area contributed by atoms with Crippen LogP contribution in [-0.2, 0) is 51.2 Å². The summed E-state index contributed by atoms with van der Waals surface area (Å²) in [4.78, 5) is 13.4. The Hall–Kier alpha value is -2.63. The lowest BCUT2D eigenvalue weighted by Crippen LogP contribution is -2.66. The summed E-state index contributed by atoms with van der Waals surface area (Å²) < 4.78 is 44.8. The summed E-state index contributed by atoms with van der Waals surface area (Å²) in [6.45, 7) is 12.1. The minimum Gasteiger partial charge on any atom is -0.376 e. The molecule has 0 aliphatic carbocycles. The summed E-state index contributed by atoms with van der Waals surface area (Å²) in [5, 5.41) is 3.23. The lowest BCUT2D eigenvalue weighted by Gasteiger charge is -2.46. The summed E-state index contributed by atoms with van der Waals surface area (Å²) in [5.74, 6) is -0.759. The monoisotopic (exact) mass is 780 g/mol. The fourth-order valence-corrected chi connectivity index (χ4v) is 7.41. The maximum Gasteiger partial charge on any atom is 0.220 e. The van der Waals surface area contributed by atoms with Crippen molar-refractivity contribution in [2.24, 2.45) is 0 Å². The Labute approximate surface area is 338 Å². The molecule has 314 valence electrons. The Balaban J connectivity index is 1.40. The predicted molar refractivity (Wildman–Crippen MR) is 222 cm³/mol. The first-order valence-corrected chi connectivity index (χ1v) is 21.8. The quantitative estimate of drug-likeness (QED) is 0.0619. The molecule has 2 fully saturated rings. The van der Waals surface area contributed by atoms with Crippen LogP contribution in [0.25, 0.3) is 0 Å². The number of unbranched alkanes of at least 4 members (excludes halogenated alkanes) is 13. The van der Waals surface area contributed by atoms with E-state index in [0.29, 0.717) is 45.9 Å². The van der Waals surface area contributed by atoms with Gasteiger partial charge >= 0.3 is 0 Å². The zero-order valence-electron chi connectivity index (χ0n) is 34.8. The van der Waals surface area contributed by atoms with Gasteiger partial charge in [-0.3, -0.25) is 4.79 Å². The maximum atomic E-state index is 13.4. The van der Waals surface area contributed by atoms with Crippen LogP contribution in [0.15, 0.2) is 73.3 Å². The Bertz CT molecular complexity index is 1310. The van der Waals surface area contributed by atoms with E-state index in [1.807, 2.05) is 74.5 Å². The number of rotatable bonds is 30. The van der Waals surface area contributed by atoms with Crippen molar-refractivity contribution < 1.29 is 38.0 Å². The lowest BCUT2D eigenvalue weighted by atomic mass is 9.95. The van der Waals surface area contributed by atoms with Gasteiger partial charge in [-0.2, -0.15) is 0 Å². The highest BCUT2D eigenvalue weighted by molar-refractivity contribution is 5.76. The standard InChI is InChI=1S/C47H73NO8/c1-5-7-9-10-11-12-13-14-15-16-17-18-19-26-32-51-46-43(48-42(49)31-8-6-2)45(53-34-39-29-24-21-25-30-39)44(52-33-38-27-22-20-23-28-38)41(55-46)37-50-35-40-36-54-47(3,4)56-40/h6,20-25,27-30,40-41,43-46H,2,5,7-19,26,31-37H2,1,3-4H3,(H,48,49)/t40-,41+,43+,44+,45+,46-/m0/s1. The number of carbonyl (C=O) groups is 1. The van der Waals surface area contributed by atoms with Crippen LogP contribution < -0.4 is 5.32 Å². The number of benzene rings is 2. The summed E-state index contributed by atoms with van der Waals surface area (Å²) in [6.07, 6.45) is 18.0. The topological polar surface area (TPSA) is 93.7 Å². The first kappa shape index (κ1) is 46.1. The van der Waals surface area contributed by atoms with Gasteiger partial charge in [-0.1, -0.05) is 157 Å². The van der Waals surface area contributed by atoms with Gasteiger partial charge < -0.3 is 38.5 Å². The van der Waals surface area contributed by atoms with Crippen molar-refractivity contribution in [1.29, 1.82) is 0 Å². The van der Waals surface area contributed by atoms with Crippen LogP contribution in [0, 0.1) is 0 Å². The summed E-state index contributed by atoms with van der Waals surface area (Å²) in [6, 6.07) is 19.5. The molecule has 1 amide bonds. The number of hydrogen-bond acceptors (Lipinski definition) is 8. The molecule has 0 bridgehead atoms. The lowest BCUT2D eigenvalue weighted by molar-refractivity contribution is -0.291. The van der Waals surface area contributed by atoms with Crippen LogP contribution in [-0.4, -0.2) is 74.9 Å². The molecule has 6 atom stereocenters. The second kappa shape index (κ2) is 27.1. The Morgan fingerprint density at radius 1 is 0.768 bits per heavy atom. The van der Waals surface area contributed by atoms with Crippen LogP contribution in [0.4, 0.5) is 0 Å². The summed E-state index contributed by atoms with van der Waals surface area (Å²) in [5.41, 5.74) is 2.04. The molecule has 2 aliphatic rings. The van der Waals surface area contributed by atoms with Crippen LogP contribution in [0.2, 0.25) is 0 Å². The molecule has 0 unspecified atom stereocenters. The Morgan fingerprint density at radius 3 is 1.86 bits per heavy atom. The first-order chi connectivity index (χ1) is 27.4. The van der Waals surface area contributed by atoms with E-state index in [1.165, 1.54) is 77.0 Å². The molecule has 2 saturated heterocycles. The Morgan fingerprint density at radius 2 is 1.32 bits per heavy atom. The molecule has 56 heavy (non-hydrogen) atoms. The van der Waals surface area contributed by atoms with E-state index in [0.717, 1.165) is 24.0 Å². The molecule has 9 nitrogen and oxygen atoms in total. The third-order valence-corrected chi connectivity index (χ3v) is 10.6. The number of amides is 1. The molecule has 0 radical (unpaired) electrons. The van der Waals surface area contributed by atoms with E-state index < -0.39 is 36.4 Å². The maximum absolute atomic E-state index is 13.4. The van der Waals surface area contributed by atoms with Crippen molar-refractivity contribution in [3.05, 3.63) is 84.4 Å². The normalized spacial score (nSPS) is 23.3. The van der Waals surface area contributed by atoms with E-state index in [1.54, 1.807) is 6.08 Å². The van der Waals surface area contributed by atoms with Gasteiger partial charge in [0.2, 0.25) is 5.91 Å². The molecule has 2 aromatic rings. The molecule has 0 spiro atoms. The Kier molecular flexibility index (Phi) is 22.3. The number of nitrogens with one attached hydrogen (secondary N) is 1. The van der Waals surface area contributed by atoms with Gasteiger partial charge in [-0.25, -0.2) is 0 Å². The molecule has 0 saturated carbocycles. The van der Waals surface area contributed by atoms with Gasteiger partial charge in [0.05, 0.1) is 33.0 Å². The third kappa shape index (κ3) is 17.9. The van der Waals surface area contributed by atoms with Gasteiger partial charge in [-0.05, 0) is 37.8 Å². The van der Waals surface area contributed by atoms with Gasteiger partial charge in [0.1, 0.15) is 30.5 Å². The van der Waals surface area contributed by atoms with Crippen LogP contribution in [0.5, 0.6) is 0 Å². The van der Waals surface area contributed by atoms with Gasteiger partial charge in [0.25, 0.3) is 0 Å². The number of allylic oxidation sites excluding steroid dienone is 1. The highest BCUT2D eigenvalue weighted by atomic mass is 16.8. The zero-order chi connectivity index (χ0) is 39.7. The van der Waals surface area contributed by atoms with Crippen molar-refractivity contribution in [2.75, 3.05) is 26.4 Å². The third-order valence-electron chi connectivity index (χ3n) is 10.6. The van der Waals surface area contributed by atoms with Gasteiger partial charge in [0, 0.05) is 13.0 Å². The van der Waals surface area contributed by atoms with Crippen molar-refractivity contribution in [3.63, 3.8) is 0 Å². The largest absolute Gasteiger partial charge is 0.376 e. The molecule has 4 rings (SSSR count). The average Bonchev–Trinajstić information content (AvgIpc) is 3.56. The molecule has 1 N–H and O–H groups in total. The van der Waals surface area contributed by atoms with Crippen LogP contribution >= 0.6 is 0 Å². The van der Waals surface area contributed by atoms with E-state index >= 15 is 0 Å². The first-order valence-electron chi connectivity index (χ1n) is 21.8. The van der Waals surface area contributed by atoms with E-state index in [2.05, 4.69) is 18.8 Å². The molecular formula is C47H73NO8. The molecule has 2 heterocycles. The van der Waals surface area contributed by atoms with Crippen molar-refractivity contribution in [3.8, 4) is 0 Å². The summed E-state index contributed by atoms with van der Waals surface area (Å²) in [7, 11) is 0. The fourth-order valence-electron chi connectivity index (χ4n) is 7.41. The zero-order valence-corrected chi connectivity index (χ0v) is 34.8. The second-order valence-corrected chi connectivity index (χ2v) is 15.9. The smallest absolute Gasteiger partial charge is 0.220 e. The molecular weight excluding hydrogens is 707 g/mol. The van der Waals surface area contributed by atoms with Gasteiger partial charge in [-0.15, -0.1) is 6.58 Å². The average molecular weight is 780 g/mol. The molecule has 2 aromatic carbocycles. The minimum atomic E-state index is -0.763.